The van der Waals surface area contributed by atoms with Crippen LogP contribution in [0.5, 0.6) is 0 Å². The third-order valence-corrected chi connectivity index (χ3v) is 4.02. The number of nitrogens with zero attached hydrogens (tertiary/aromatic N) is 2. The van der Waals surface area contributed by atoms with E-state index in [9.17, 15) is 4.79 Å². The van der Waals surface area contributed by atoms with Crippen LogP contribution in [0.15, 0.2) is 89.1 Å². The normalized spacial score (nSPS) is 10.5. The van der Waals surface area contributed by atoms with E-state index in [0.717, 1.165) is 22.7 Å². The minimum atomic E-state index is -0.343. The minimum absolute atomic E-state index is 0.343. The topological polar surface area (TPSA) is 75.1 Å². The van der Waals surface area contributed by atoms with Crippen molar-refractivity contribution in [2.75, 3.05) is 17.2 Å². The van der Waals surface area contributed by atoms with Gasteiger partial charge in [0.1, 0.15) is 0 Å². The Hall–Kier alpha value is -3.58. The predicted octanol–water partition coefficient (Wildman–Crippen LogP) is 6.09. The van der Waals surface area contributed by atoms with Crippen LogP contribution in [0.2, 0.25) is 0 Å². The van der Waals surface area contributed by atoms with Crippen molar-refractivity contribution in [3.8, 4) is 0 Å². The molecule has 0 saturated carbocycles. The maximum absolute atomic E-state index is 11.7. The molecule has 0 bridgehead atoms. The summed E-state index contributed by atoms with van der Waals surface area (Å²) in [5, 5.41) is 15.0. The first-order chi connectivity index (χ1) is 14.1. The molecule has 0 heterocycles. The van der Waals surface area contributed by atoms with Gasteiger partial charge in [-0.1, -0.05) is 18.2 Å². The zero-order valence-electron chi connectivity index (χ0n) is 15.8. The maximum Gasteiger partial charge on any atom is 0.338 e. The summed E-state index contributed by atoms with van der Waals surface area (Å²) in [6.07, 6.45) is 0. The molecule has 3 aromatic rings. The van der Waals surface area contributed by atoms with Crippen LogP contribution in [0.4, 0.5) is 22.7 Å². The molecule has 3 rings (SSSR count). The lowest BCUT2D eigenvalue weighted by Crippen LogP contribution is -2.19. The molecule has 0 aliphatic carbocycles. The molecule has 0 aromatic heterocycles. The van der Waals surface area contributed by atoms with Gasteiger partial charge in [-0.15, -0.1) is 0 Å². The second kappa shape index (κ2) is 10.1. The lowest BCUT2D eigenvalue weighted by Gasteiger charge is -2.11. The van der Waals surface area contributed by atoms with E-state index in [2.05, 4.69) is 20.9 Å². The third-order valence-electron chi connectivity index (χ3n) is 3.82. The molecule has 0 aliphatic rings. The standard InChI is InChI=1S/C22H20N4O2S/c1-2-28-21(27)16-8-10-17(11-9-16)23-22(29)24-18-12-14-20(15-13-18)26-25-19-6-4-3-5-7-19/h3-15H,2H2,1H3,(H2,23,24,29). The molecule has 0 saturated heterocycles. The fraction of sp³-hybridized carbons (Fsp3) is 0.0909. The van der Waals surface area contributed by atoms with Crippen molar-refractivity contribution < 1.29 is 9.53 Å². The van der Waals surface area contributed by atoms with Gasteiger partial charge in [-0.2, -0.15) is 10.2 Å². The van der Waals surface area contributed by atoms with Crippen molar-refractivity contribution in [3.05, 3.63) is 84.4 Å². The van der Waals surface area contributed by atoms with Crippen LogP contribution in [0.3, 0.4) is 0 Å². The highest BCUT2D eigenvalue weighted by atomic mass is 32.1. The number of hydrogen-bond donors (Lipinski definition) is 2. The largest absolute Gasteiger partial charge is 0.462 e. The first-order valence-corrected chi connectivity index (χ1v) is 9.47. The highest BCUT2D eigenvalue weighted by Crippen LogP contribution is 2.20. The van der Waals surface area contributed by atoms with Crippen LogP contribution in [-0.2, 0) is 4.74 Å². The first kappa shape index (κ1) is 20.2. The molecule has 7 heteroatoms. The lowest BCUT2D eigenvalue weighted by atomic mass is 10.2. The van der Waals surface area contributed by atoms with Crippen molar-refractivity contribution in [1.29, 1.82) is 0 Å². The number of carbonyl (C=O) groups excluding carboxylic acids is 1. The Labute approximate surface area is 174 Å². The van der Waals surface area contributed by atoms with Crippen LogP contribution in [0, 0.1) is 0 Å². The van der Waals surface area contributed by atoms with Gasteiger partial charge in [-0.25, -0.2) is 4.79 Å². The van der Waals surface area contributed by atoms with E-state index in [1.807, 2.05) is 54.6 Å². The summed E-state index contributed by atoms with van der Waals surface area (Å²) in [4.78, 5) is 11.7. The van der Waals surface area contributed by atoms with E-state index < -0.39 is 0 Å². The molecular weight excluding hydrogens is 384 g/mol. The molecule has 0 atom stereocenters. The van der Waals surface area contributed by atoms with E-state index in [-0.39, 0.29) is 5.97 Å². The van der Waals surface area contributed by atoms with Crippen LogP contribution in [0.25, 0.3) is 0 Å². The smallest absolute Gasteiger partial charge is 0.338 e. The Balaban J connectivity index is 1.54. The third kappa shape index (κ3) is 6.22. The molecule has 0 radical (unpaired) electrons. The summed E-state index contributed by atoms with van der Waals surface area (Å²) < 4.78 is 4.97. The number of carbonyl (C=O) groups is 1. The van der Waals surface area contributed by atoms with Gasteiger partial charge in [-0.05, 0) is 79.8 Å². The number of thiocarbonyl (C=S) groups is 1. The molecule has 29 heavy (non-hydrogen) atoms. The van der Waals surface area contributed by atoms with E-state index >= 15 is 0 Å². The van der Waals surface area contributed by atoms with Gasteiger partial charge in [-0.3, -0.25) is 0 Å². The van der Waals surface area contributed by atoms with Gasteiger partial charge in [0, 0.05) is 11.4 Å². The van der Waals surface area contributed by atoms with Gasteiger partial charge in [0.2, 0.25) is 0 Å². The minimum Gasteiger partial charge on any atom is -0.462 e. The Bertz CT molecular complexity index is 988. The number of esters is 1. The van der Waals surface area contributed by atoms with Crippen LogP contribution < -0.4 is 10.6 Å². The Morgan fingerprint density at radius 3 is 1.90 bits per heavy atom. The highest BCUT2D eigenvalue weighted by molar-refractivity contribution is 7.80. The van der Waals surface area contributed by atoms with E-state index in [1.54, 1.807) is 31.2 Å². The van der Waals surface area contributed by atoms with Crippen molar-refractivity contribution in [2.45, 2.75) is 6.92 Å². The fourth-order valence-electron chi connectivity index (χ4n) is 2.42. The van der Waals surface area contributed by atoms with E-state index in [1.165, 1.54) is 0 Å². The molecule has 0 unspecified atom stereocenters. The number of hydrogen-bond acceptors (Lipinski definition) is 5. The van der Waals surface area contributed by atoms with Gasteiger partial charge >= 0.3 is 5.97 Å². The predicted molar refractivity (Wildman–Crippen MR) is 119 cm³/mol. The molecule has 3 aromatic carbocycles. The number of benzene rings is 3. The molecule has 0 spiro atoms. The summed E-state index contributed by atoms with van der Waals surface area (Å²) >= 11 is 5.34. The molecule has 0 fully saturated rings. The molecule has 0 aliphatic heterocycles. The average Bonchev–Trinajstić information content (AvgIpc) is 2.74. The van der Waals surface area contributed by atoms with Crippen LogP contribution in [0.1, 0.15) is 17.3 Å². The molecule has 0 amide bonds. The Morgan fingerprint density at radius 1 is 0.828 bits per heavy atom. The fourth-order valence-corrected chi connectivity index (χ4v) is 2.65. The summed E-state index contributed by atoms with van der Waals surface area (Å²) in [7, 11) is 0. The summed E-state index contributed by atoms with van der Waals surface area (Å²) in [6.45, 7) is 2.12. The molecule has 2 N–H and O–H groups in total. The zero-order valence-corrected chi connectivity index (χ0v) is 16.6. The second-order valence-electron chi connectivity index (χ2n) is 5.96. The Kier molecular flexibility index (Phi) is 7.02. The Morgan fingerprint density at radius 2 is 1.34 bits per heavy atom. The van der Waals surface area contributed by atoms with Crippen molar-refractivity contribution >= 4 is 46.0 Å². The van der Waals surface area contributed by atoms with Crippen molar-refractivity contribution in [2.24, 2.45) is 10.2 Å². The number of azo groups is 1. The van der Waals surface area contributed by atoms with Crippen molar-refractivity contribution in [3.63, 3.8) is 0 Å². The molecular formula is C22H20N4O2S. The zero-order chi connectivity index (χ0) is 20.5. The second-order valence-corrected chi connectivity index (χ2v) is 6.37. The first-order valence-electron chi connectivity index (χ1n) is 9.06. The quantitative estimate of drug-likeness (QED) is 0.295. The average molecular weight is 404 g/mol. The summed E-state index contributed by atoms with van der Waals surface area (Å²) in [5.41, 5.74) is 3.63. The lowest BCUT2D eigenvalue weighted by molar-refractivity contribution is 0.0526. The van der Waals surface area contributed by atoms with Gasteiger partial charge in [0.15, 0.2) is 5.11 Å². The van der Waals surface area contributed by atoms with Crippen LogP contribution >= 0.6 is 12.2 Å². The maximum atomic E-state index is 11.7. The van der Waals surface area contributed by atoms with Crippen LogP contribution in [-0.4, -0.2) is 17.7 Å². The summed E-state index contributed by atoms with van der Waals surface area (Å²) in [5.74, 6) is -0.343. The monoisotopic (exact) mass is 404 g/mol. The number of ether oxygens (including phenoxy) is 1. The van der Waals surface area contributed by atoms with Gasteiger partial charge < -0.3 is 15.4 Å². The number of nitrogens with one attached hydrogen (secondary N) is 2. The molecule has 146 valence electrons. The van der Waals surface area contributed by atoms with Gasteiger partial charge in [0.25, 0.3) is 0 Å². The highest BCUT2D eigenvalue weighted by Gasteiger charge is 2.06. The van der Waals surface area contributed by atoms with E-state index in [0.29, 0.717) is 17.3 Å². The molecule has 6 nitrogen and oxygen atoms in total. The van der Waals surface area contributed by atoms with Gasteiger partial charge in [0.05, 0.1) is 23.5 Å². The van der Waals surface area contributed by atoms with Crippen molar-refractivity contribution in [1.82, 2.24) is 0 Å². The van der Waals surface area contributed by atoms with E-state index in [4.69, 9.17) is 17.0 Å². The SMILES string of the molecule is CCOC(=O)c1ccc(NC(=S)Nc2ccc(N=Nc3ccccc3)cc2)cc1. The number of anilines is 2. The summed E-state index contributed by atoms with van der Waals surface area (Å²) in [6, 6.07) is 23.9. The number of rotatable bonds is 6.